The largest absolute Gasteiger partial charge is 0.337 e. The molecule has 0 atom stereocenters. The van der Waals surface area contributed by atoms with Gasteiger partial charge in [0.15, 0.2) is 5.82 Å². The van der Waals surface area contributed by atoms with Crippen LogP contribution in [0.15, 0.2) is 72.8 Å². The Balaban J connectivity index is 1.43. The number of nitrogens with zero attached hydrogens (tertiary/aromatic N) is 1. The Labute approximate surface area is 179 Å². The second kappa shape index (κ2) is 9.13. The van der Waals surface area contributed by atoms with Gasteiger partial charge in [0.2, 0.25) is 5.91 Å². The fourth-order valence-electron chi connectivity index (χ4n) is 3.39. The summed E-state index contributed by atoms with van der Waals surface area (Å²) >= 11 is 0. The first kappa shape index (κ1) is 20.2. The van der Waals surface area contributed by atoms with E-state index in [2.05, 4.69) is 26.1 Å². The first-order valence-electron chi connectivity index (χ1n) is 10.0. The number of carbonyl (C=O) groups is 2. The SMILES string of the molecule is CC(=O)Nc1cccc(-c2ccc3c(NC(=O)NCCc4ccccc4)n[nH]c3c2)c1. The molecule has 0 saturated heterocycles. The van der Waals surface area contributed by atoms with Crippen molar-refractivity contribution < 1.29 is 9.59 Å². The second-order valence-corrected chi connectivity index (χ2v) is 7.21. The van der Waals surface area contributed by atoms with Crippen LogP contribution in [0, 0.1) is 0 Å². The molecule has 3 amide bonds. The zero-order valence-corrected chi connectivity index (χ0v) is 17.1. The zero-order chi connectivity index (χ0) is 21.6. The number of carbonyl (C=O) groups excluding carboxylic acids is 2. The molecule has 3 aromatic carbocycles. The Morgan fingerprint density at radius 2 is 1.71 bits per heavy atom. The van der Waals surface area contributed by atoms with Gasteiger partial charge < -0.3 is 10.6 Å². The Kier molecular flexibility index (Phi) is 5.93. The maximum absolute atomic E-state index is 12.2. The molecule has 0 saturated carbocycles. The number of urea groups is 1. The van der Waals surface area contributed by atoms with Crippen LogP contribution in [-0.2, 0) is 11.2 Å². The number of amides is 3. The highest BCUT2D eigenvalue weighted by Gasteiger charge is 2.10. The summed E-state index contributed by atoms with van der Waals surface area (Å²) in [6, 6.07) is 23.2. The third-order valence-corrected chi connectivity index (χ3v) is 4.85. The molecule has 0 radical (unpaired) electrons. The van der Waals surface area contributed by atoms with Gasteiger partial charge in [-0.25, -0.2) is 4.79 Å². The number of H-pyrrole nitrogens is 1. The molecule has 4 rings (SSSR count). The molecule has 156 valence electrons. The predicted molar refractivity (Wildman–Crippen MR) is 123 cm³/mol. The van der Waals surface area contributed by atoms with Crippen molar-refractivity contribution in [1.82, 2.24) is 15.5 Å². The number of aromatic amines is 1. The first-order valence-corrected chi connectivity index (χ1v) is 10.0. The minimum absolute atomic E-state index is 0.112. The van der Waals surface area contributed by atoms with Crippen LogP contribution in [0.25, 0.3) is 22.0 Å². The molecule has 7 heteroatoms. The first-order chi connectivity index (χ1) is 15.1. The Morgan fingerprint density at radius 1 is 0.903 bits per heavy atom. The summed E-state index contributed by atoms with van der Waals surface area (Å²) in [7, 11) is 0. The minimum atomic E-state index is -0.295. The fraction of sp³-hybridized carbons (Fsp3) is 0.125. The number of benzene rings is 3. The molecule has 0 unspecified atom stereocenters. The van der Waals surface area contributed by atoms with Crippen molar-refractivity contribution in [2.24, 2.45) is 0 Å². The van der Waals surface area contributed by atoms with Gasteiger partial charge in [-0.1, -0.05) is 48.5 Å². The number of fused-ring (bicyclic) bond motifs is 1. The van der Waals surface area contributed by atoms with E-state index in [9.17, 15) is 9.59 Å². The summed E-state index contributed by atoms with van der Waals surface area (Å²) in [5, 5.41) is 16.5. The van der Waals surface area contributed by atoms with Crippen LogP contribution in [0.1, 0.15) is 12.5 Å². The van der Waals surface area contributed by atoms with Crippen molar-refractivity contribution >= 4 is 34.3 Å². The van der Waals surface area contributed by atoms with Gasteiger partial charge in [0.05, 0.1) is 5.52 Å². The van der Waals surface area contributed by atoms with Crippen molar-refractivity contribution in [3.05, 3.63) is 78.4 Å². The molecule has 31 heavy (non-hydrogen) atoms. The highest BCUT2D eigenvalue weighted by Crippen LogP contribution is 2.28. The number of nitrogens with one attached hydrogen (secondary N) is 4. The van der Waals surface area contributed by atoms with Crippen molar-refractivity contribution in [2.45, 2.75) is 13.3 Å². The van der Waals surface area contributed by atoms with Crippen LogP contribution in [0.2, 0.25) is 0 Å². The van der Waals surface area contributed by atoms with Gasteiger partial charge in [0.1, 0.15) is 0 Å². The molecule has 4 aromatic rings. The van der Waals surface area contributed by atoms with Crippen LogP contribution < -0.4 is 16.0 Å². The van der Waals surface area contributed by atoms with E-state index >= 15 is 0 Å². The number of aromatic nitrogens is 2. The lowest BCUT2D eigenvalue weighted by atomic mass is 10.0. The molecule has 0 aliphatic heterocycles. The van der Waals surface area contributed by atoms with Crippen LogP contribution in [-0.4, -0.2) is 28.7 Å². The van der Waals surface area contributed by atoms with Crippen molar-refractivity contribution in [3.8, 4) is 11.1 Å². The number of hydrogen-bond acceptors (Lipinski definition) is 3. The summed E-state index contributed by atoms with van der Waals surface area (Å²) in [5.41, 5.74) is 4.66. The third-order valence-electron chi connectivity index (χ3n) is 4.85. The summed E-state index contributed by atoms with van der Waals surface area (Å²) in [6.07, 6.45) is 0.760. The topological polar surface area (TPSA) is 98.9 Å². The summed E-state index contributed by atoms with van der Waals surface area (Å²) in [6.45, 7) is 2.02. The molecule has 1 heterocycles. The monoisotopic (exact) mass is 413 g/mol. The van der Waals surface area contributed by atoms with E-state index in [1.807, 2.05) is 72.8 Å². The molecule has 7 nitrogen and oxygen atoms in total. The lowest BCUT2D eigenvalue weighted by Crippen LogP contribution is -2.30. The predicted octanol–water partition coefficient (Wildman–Crippen LogP) is 4.55. The van der Waals surface area contributed by atoms with Crippen molar-refractivity contribution in [2.75, 3.05) is 17.2 Å². The van der Waals surface area contributed by atoms with Crippen LogP contribution in [0.4, 0.5) is 16.3 Å². The molecule has 0 fully saturated rings. The summed E-state index contributed by atoms with van der Waals surface area (Å²) in [4.78, 5) is 23.5. The van der Waals surface area contributed by atoms with Gasteiger partial charge >= 0.3 is 6.03 Å². The maximum atomic E-state index is 12.2. The number of hydrogen-bond donors (Lipinski definition) is 4. The molecular formula is C24H23N5O2. The number of rotatable bonds is 6. The number of anilines is 2. The normalized spacial score (nSPS) is 10.6. The van der Waals surface area contributed by atoms with Gasteiger partial charge in [-0.2, -0.15) is 5.10 Å². The van der Waals surface area contributed by atoms with E-state index in [0.29, 0.717) is 12.4 Å². The highest BCUT2D eigenvalue weighted by molar-refractivity contribution is 6.00. The summed E-state index contributed by atoms with van der Waals surface area (Å²) in [5.74, 6) is 0.365. The van der Waals surface area contributed by atoms with Gasteiger partial charge in [-0.15, -0.1) is 0 Å². The van der Waals surface area contributed by atoms with E-state index in [1.54, 1.807) is 0 Å². The highest BCUT2D eigenvalue weighted by atomic mass is 16.2. The smallest absolute Gasteiger partial charge is 0.320 e. The average molecular weight is 413 g/mol. The lowest BCUT2D eigenvalue weighted by molar-refractivity contribution is -0.114. The molecule has 0 aliphatic carbocycles. The Hall–Kier alpha value is -4.13. The van der Waals surface area contributed by atoms with Crippen LogP contribution in [0.5, 0.6) is 0 Å². The average Bonchev–Trinajstić information content (AvgIpc) is 3.16. The third kappa shape index (κ3) is 5.08. The van der Waals surface area contributed by atoms with Gasteiger partial charge in [-0.3, -0.25) is 15.2 Å². The standard InChI is InChI=1S/C24H23N5O2/c1-16(30)26-20-9-5-8-18(14-20)19-10-11-21-22(15-19)28-29-23(21)27-24(31)25-13-12-17-6-3-2-4-7-17/h2-11,14-15H,12-13H2,1H3,(H,26,30)(H3,25,27,28,29,31). The minimum Gasteiger partial charge on any atom is -0.337 e. The lowest BCUT2D eigenvalue weighted by Gasteiger charge is -2.07. The molecular weight excluding hydrogens is 390 g/mol. The zero-order valence-electron chi connectivity index (χ0n) is 17.1. The Morgan fingerprint density at radius 3 is 2.52 bits per heavy atom. The Bertz CT molecular complexity index is 1220. The second-order valence-electron chi connectivity index (χ2n) is 7.21. The van der Waals surface area contributed by atoms with Gasteiger partial charge in [-0.05, 0) is 47.4 Å². The van der Waals surface area contributed by atoms with Crippen molar-refractivity contribution in [3.63, 3.8) is 0 Å². The van der Waals surface area contributed by atoms with Crippen LogP contribution >= 0.6 is 0 Å². The molecule has 1 aromatic heterocycles. The fourth-order valence-corrected chi connectivity index (χ4v) is 3.39. The summed E-state index contributed by atoms with van der Waals surface area (Å²) < 4.78 is 0. The molecule has 4 N–H and O–H groups in total. The van der Waals surface area contributed by atoms with E-state index in [-0.39, 0.29) is 11.9 Å². The molecule has 0 aliphatic rings. The van der Waals surface area contributed by atoms with E-state index in [4.69, 9.17) is 0 Å². The maximum Gasteiger partial charge on any atom is 0.320 e. The van der Waals surface area contributed by atoms with E-state index in [0.717, 1.165) is 34.1 Å². The van der Waals surface area contributed by atoms with Gasteiger partial charge in [0, 0.05) is 24.5 Å². The van der Waals surface area contributed by atoms with E-state index in [1.165, 1.54) is 12.5 Å². The van der Waals surface area contributed by atoms with E-state index < -0.39 is 0 Å². The van der Waals surface area contributed by atoms with Crippen LogP contribution in [0.3, 0.4) is 0 Å². The molecule has 0 bridgehead atoms. The van der Waals surface area contributed by atoms with Crippen molar-refractivity contribution in [1.29, 1.82) is 0 Å². The van der Waals surface area contributed by atoms with Gasteiger partial charge in [0.25, 0.3) is 0 Å². The molecule has 0 spiro atoms. The quantitative estimate of drug-likeness (QED) is 0.373.